The molecule has 1 N–H and O–H groups in total. The van der Waals surface area contributed by atoms with Gasteiger partial charge in [0.15, 0.2) is 0 Å². The van der Waals surface area contributed by atoms with Crippen molar-refractivity contribution in [3.05, 3.63) is 23.8 Å². The molecule has 8 heteroatoms. The standard InChI is InChI=1S/C24H35N3O4S/c1-16-7-5-6-8-20(16)25-22(28)17-11-13-27(14-12-17)32(30,31)18-9-10-21-19(15-18)24(2,3)23(29)26(21)4/h9-10,15-17,20H,5-8,11-14H2,1-4H3,(H,25,28)/t16-,20+/m0/s1. The maximum absolute atomic E-state index is 13.3. The summed E-state index contributed by atoms with van der Waals surface area (Å²) in [5.74, 6) is 0.395. The van der Waals surface area contributed by atoms with Crippen LogP contribution in [0.4, 0.5) is 5.69 Å². The van der Waals surface area contributed by atoms with Crippen LogP contribution in [0, 0.1) is 11.8 Å². The number of piperidine rings is 1. The van der Waals surface area contributed by atoms with Crippen molar-refractivity contribution in [2.24, 2.45) is 11.8 Å². The SMILES string of the molecule is C[C@H]1CCCC[C@H]1NC(=O)C1CCN(S(=O)(=O)c2ccc3c(c2)C(C)(C)C(=O)N3C)CC1. The van der Waals surface area contributed by atoms with E-state index in [-0.39, 0.29) is 28.7 Å². The second-order valence-corrected chi connectivity index (χ2v) is 12.2. The number of carbonyl (C=O) groups excluding carboxylic acids is 2. The molecule has 1 aliphatic carbocycles. The first kappa shape index (κ1) is 23.2. The third-order valence-corrected chi connectivity index (χ3v) is 9.64. The predicted molar refractivity (Wildman–Crippen MR) is 124 cm³/mol. The molecular formula is C24H35N3O4S. The van der Waals surface area contributed by atoms with Crippen molar-refractivity contribution in [1.82, 2.24) is 9.62 Å². The third kappa shape index (κ3) is 3.96. The molecule has 1 saturated carbocycles. The van der Waals surface area contributed by atoms with E-state index in [0.29, 0.717) is 31.8 Å². The van der Waals surface area contributed by atoms with Crippen LogP contribution in [-0.2, 0) is 25.0 Å². The van der Waals surface area contributed by atoms with E-state index < -0.39 is 15.4 Å². The van der Waals surface area contributed by atoms with E-state index in [1.807, 2.05) is 13.8 Å². The van der Waals surface area contributed by atoms with Crippen LogP contribution in [0.15, 0.2) is 23.1 Å². The highest BCUT2D eigenvalue weighted by Crippen LogP contribution is 2.42. The molecule has 2 fully saturated rings. The lowest BCUT2D eigenvalue weighted by molar-refractivity contribution is -0.127. The first-order valence-corrected chi connectivity index (χ1v) is 13.2. The van der Waals surface area contributed by atoms with Gasteiger partial charge in [0.2, 0.25) is 21.8 Å². The van der Waals surface area contributed by atoms with Gasteiger partial charge in [-0.1, -0.05) is 19.8 Å². The first-order chi connectivity index (χ1) is 15.0. The minimum atomic E-state index is -3.68. The highest BCUT2D eigenvalue weighted by Gasteiger charge is 2.43. The molecule has 0 aromatic heterocycles. The van der Waals surface area contributed by atoms with Crippen molar-refractivity contribution in [1.29, 1.82) is 0 Å². The van der Waals surface area contributed by atoms with Crippen LogP contribution in [-0.4, -0.2) is 50.7 Å². The van der Waals surface area contributed by atoms with Crippen LogP contribution >= 0.6 is 0 Å². The molecule has 2 aliphatic heterocycles. The van der Waals surface area contributed by atoms with Gasteiger partial charge in [-0.2, -0.15) is 4.31 Å². The summed E-state index contributed by atoms with van der Waals surface area (Å²) in [6.07, 6.45) is 5.64. The van der Waals surface area contributed by atoms with Crippen molar-refractivity contribution in [3.63, 3.8) is 0 Å². The highest BCUT2D eigenvalue weighted by atomic mass is 32.2. The van der Waals surface area contributed by atoms with E-state index in [1.165, 1.54) is 10.7 Å². The smallest absolute Gasteiger partial charge is 0.243 e. The Kier molecular flexibility index (Phi) is 6.13. The molecule has 1 aromatic carbocycles. The number of carbonyl (C=O) groups is 2. The van der Waals surface area contributed by atoms with Gasteiger partial charge in [-0.3, -0.25) is 9.59 Å². The third-order valence-electron chi connectivity index (χ3n) is 7.74. The van der Waals surface area contributed by atoms with E-state index in [9.17, 15) is 18.0 Å². The minimum absolute atomic E-state index is 0.0406. The molecule has 4 rings (SSSR count). The summed E-state index contributed by atoms with van der Waals surface area (Å²) in [6, 6.07) is 5.20. The van der Waals surface area contributed by atoms with Crippen LogP contribution in [0.2, 0.25) is 0 Å². The van der Waals surface area contributed by atoms with E-state index in [4.69, 9.17) is 0 Å². The van der Waals surface area contributed by atoms with Crippen molar-refractivity contribution in [2.45, 2.75) is 75.6 Å². The van der Waals surface area contributed by atoms with Gasteiger partial charge in [-0.05, 0) is 69.2 Å². The van der Waals surface area contributed by atoms with Gasteiger partial charge in [-0.15, -0.1) is 0 Å². The second kappa shape index (κ2) is 8.45. The summed E-state index contributed by atoms with van der Waals surface area (Å²) in [5.41, 5.74) is 0.741. The van der Waals surface area contributed by atoms with Crippen LogP contribution in [0.3, 0.4) is 0 Å². The number of fused-ring (bicyclic) bond motifs is 1. The van der Waals surface area contributed by atoms with Gasteiger partial charge >= 0.3 is 0 Å². The molecule has 7 nitrogen and oxygen atoms in total. The van der Waals surface area contributed by atoms with Crippen LogP contribution in [0.5, 0.6) is 0 Å². The van der Waals surface area contributed by atoms with E-state index in [0.717, 1.165) is 30.5 Å². The fourth-order valence-electron chi connectivity index (χ4n) is 5.45. The highest BCUT2D eigenvalue weighted by molar-refractivity contribution is 7.89. The van der Waals surface area contributed by atoms with Crippen molar-refractivity contribution in [3.8, 4) is 0 Å². The van der Waals surface area contributed by atoms with E-state index in [2.05, 4.69) is 12.2 Å². The summed E-state index contributed by atoms with van der Waals surface area (Å²) < 4.78 is 28.1. The molecule has 1 saturated heterocycles. The molecule has 0 unspecified atom stereocenters. The van der Waals surface area contributed by atoms with Gasteiger partial charge < -0.3 is 10.2 Å². The Bertz CT molecular complexity index is 1010. The summed E-state index contributed by atoms with van der Waals surface area (Å²) in [7, 11) is -1.97. The number of nitrogens with one attached hydrogen (secondary N) is 1. The first-order valence-electron chi connectivity index (χ1n) is 11.8. The van der Waals surface area contributed by atoms with Gasteiger partial charge in [0.05, 0.1) is 10.3 Å². The Morgan fingerprint density at radius 1 is 1.09 bits per heavy atom. The Labute approximate surface area is 191 Å². The lowest BCUT2D eigenvalue weighted by atomic mass is 9.85. The normalized spacial score (nSPS) is 26.8. The molecule has 0 spiro atoms. The van der Waals surface area contributed by atoms with Crippen molar-refractivity contribution in [2.75, 3.05) is 25.0 Å². The molecule has 2 atom stereocenters. The number of hydrogen-bond donors (Lipinski definition) is 1. The largest absolute Gasteiger partial charge is 0.353 e. The number of anilines is 1. The zero-order valence-electron chi connectivity index (χ0n) is 19.6. The maximum Gasteiger partial charge on any atom is 0.243 e. The number of benzene rings is 1. The molecule has 0 radical (unpaired) electrons. The molecule has 176 valence electrons. The number of hydrogen-bond acceptors (Lipinski definition) is 4. The van der Waals surface area contributed by atoms with E-state index >= 15 is 0 Å². The second-order valence-electron chi connectivity index (χ2n) is 10.2. The zero-order chi connectivity index (χ0) is 23.3. The van der Waals surface area contributed by atoms with Gasteiger partial charge in [0, 0.05) is 37.8 Å². The van der Waals surface area contributed by atoms with Crippen LogP contribution in [0.25, 0.3) is 0 Å². The summed E-state index contributed by atoms with van der Waals surface area (Å²) in [6.45, 7) is 6.51. The number of amides is 2. The van der Waals surface area contributed by atoms with Crippen molar-refractivity contribution < 1.29 is 18.0 Å². The Morgan fingerprint density at radius 2 is 1.75 bits per heavy atom. The molecule has 32 heavy (non-hydrogen) atoms. The minimum Gasteiger partial charge on any atom is -0.353 e. The molecular weight excluding hydrogens is 426 g/mol. The van der Waals surface area contributed by atoms with E-state index in [1.54, 1.807) is 30.1 Å². The Balaban J connectivity index is 1.43. The predicted octanol–water partition coefficient (Wildman–Crippen LogP) is 3.04. The molecule has 3 aliphatic rings. The Morgan fingerprint density at radius 3 is 2.41 bits per heavy atom. The fraction of sp³-hybridized carbons (Fsp3) is 0.667. The average molecular weight is 462 g/mol. The monoisotopic (exact) mass is 461 g/mol. The summed E-state index contributed by atoms with van der Waals surface area (Å²) >= 11 is 0. The van der Waals surface area contributed by atoms with Crippen molar-refractivity contribution >= 4 is 27.5 Å². The van der Waals surface area contributed by atoms with Crippen LogP contribution in [0.1, 0.15) is 64.9 Å². The zero-order valence-corrected chi connectivity index (χ0v) is 20.4. The van der Waals surface area contributed by atoms with Gasteiger partial charge in [-0.25, -0.2) is 8.42 Å². The lowest BCUT2D eigenvalue weighted by Crippen LogP contribution is -2.47. The van der Waals surface area contributed by atoms with Crippen LogP contribution < -0.4 is 10.2 Å². The lowest BCUT2D eigenvalue weighted by Gasteiger charge is -2.34. The quantitative estimate of drug-likeness (QED) is 0.747. The van der Waals surface area contributed by atoms with Gasteiger partial charge in [0.1, 0.15) is 0 Å². The maximum atomic E-state index is 13.3. The molecule has 2 heterocycles. The number of nitrogens with zero attached hydrogens (tertiary/aromatic N) is 2. The summed E-state index contributed by atoms with van der Waals surface area (Å²) in [4.78, 5) is 27.1. The molecule has 1 aromatic rings. The fourth-order valence-corrected chi connectivity index (χ4v) is 6.95. The Hall–Kier alpha value is -1.93. The van der Waals surface area contributed by atoms with Gasteiger partial charge in [0.25, 0.3) is 0 Å². The molecule has 2 amide bonds. The number of rotatable bonds is 4. The number of likely N-dealkylation sites (N-methyl/N-ethyl adjacent to an activating group) is 1. The summed E-state index contributed by atoms with van der Waals surface area (Å²) in [5, 5.41) is 3.23. The number of sulfonamides is 1. The molecule has 0 bridgehead atoms. The topological polar surface area (TPSA) is 86.8 Å². The average Bonchev–Trinajstić information content (AvgIpc) is 2.95.